The molecular weight excluding hydrogens is 304 g/mol. The number of carbonyl (C=O) groups is 1. The summed E-state index contributed by atoms with van der Waals surface area (Å²) in [6, 6.07) is 2.21. The van der Waals surface area contributed by atoms with Crippen molar-refractivity contribution in [3.05, 3.63) is 34.3 Å². The number of pyridine rings is 1. The molecule has 0 spiro atoms. The maximum absolute atomic E-state index is 12.4. The van der Waals surface area contributed by atoms with Crippen LogP contribution in [0.3, 0.4) is 0 Å². The van der Waals surface area contributed by atoms with Crippen LogP contribution in [0, 0.1) is 0 Å². The van der Waals surface area contributed by atoms with Crippen LogP contribution >= 0.6 is 0 Å². The number of hydrogen-bond donors (Lipinski definition) is 1. The summed E-state index contributed by atoms with van der Waals surface area (Å²) in [5.74, 6) is -0.0282. The average Bonchev–Trinajstić information content (AvgIpc) is 2.95. The molecule has 0 saturated carbocycles. The van der Waals surface area contributed by atoms with Gasteiger partial charge in [-0.05, 0) is 52.2 Å². The zero-order valence-corrected chi connectivity index (χ0v) is 14.5. The van der Waals surface area contributed by atoms with E-state index in [1.807, 2.05) is 18.7 Å². The van der Waals surface area contributed by atoms with Crippen molar-refractivity contribution in [2.75, 3.05) is 6.54 Å². The van der Waals surface area contributed by atoms with Crippen LogP contribution in [0.1, 0.15) is 51.6 Å². The van der Waals surface area contributed by atoms with Crippen molar-refractivity contribution in [1.82, 2.24) is 19.7 Å². The van der Waals surface area contributed by atoms with Crippen LogP contribution < -0.4 is 5.56 Å². The molecule has 1 saturated heterocycles. The van der Waals surface area contributed by atoms with Gasteiger partial charge in [0.25, 0.3) is 5.56 Å². The van der Waals surface area contributed by atoms with Gasteiger partial charge in [-0.1, -0.05) is 0 Å². The first-order valence-corrected chi connectivity index (χ1v) is 8.56. The lowest BCUT2D eigenvalue weighted by Crippen LogP contribution is -2.41. The quantitative estimate of drug-likeness (QED) is 0.881. The molecule has 2 aromatic rings. The summed E-state index contributed by atoms with van der Waals surface area (Å²) in [6.45, 7) is 6.89. The zero-order valence-electron chi connectivity index (χ0n) is 14.5. The molecule has 2 aromatic heterocycles. The number of likely N-dealkylation sites (tertiary alicyclic amines) is 1. The lowest BCUT2D eigenvalue weighted by atomic mass is 10.0. The Bertz CT molecular complexity index is 831. The number of aromatic nitrogens is 3. The summed E-state index contributed by atoms with van der Waals surface area (Å²) in [5.41, 5.74) is 0.979. The molecule has 3 heterocycles. The van der Waals surface area contributed by atoms with Gasteiger partial charge in [-0.2, -0.15) is 5.10 Å². The van der Waals surface area contributed by atoms with E-state index < -0.39 is 0 Å². The van der Waals surface area contributed by atoms with Crippen molar-refractivity contribution in [1.29, 1.82) is 0 Å². The van der Waals surface area contributed by atoms with Crippen LogP contribution in [0.15, 0.2) is 23.1 Å². The highest BCUT2D eigenvalue weighted by Crippen LogP contribution is 2.18. The second-order valence-corrected chi connectivity index (χ2v) is 6.75. The number of H-pyrrole nitrogens is 1. The van der Waals surface area contributed by atoms with Crippen LogP contribution in [-0.2, 0) is 4.79 Å². The third-order valence-corrected chi connectivity index (χ3v) is 4.61. The number of nitrogens with zero attached hydrogens (tertiary/aromatic N) is 3. The largest absolute Gasteiger partial charge is 0.336 e. The van der Waals surface area contributed by atoms with E-state index in [0.717, 1.165) is 24.8 Å². The van der Waals surface area contributed by atoms with E-state index in [9.17, 15) is 9.59 Å². The fourth-order valence-corrected chi connectivity index (χ4v) is 3.22. The third-order valence-electron chi connectivity index (χ3n) is 4.61. The highest BCUT2D eigenvalue weighted by Gasteiger charge is 2.21. The van der Waals surface area contributed by atoms with E-state index in [2.05, 4.69) is 17.0 Å². The van der Waals surface area contributed by atoms with Gasteiger partial charge in [0, 0.05) is 35.7 Å². The summed E-state index contributed by atoms with van der Waals surface area (Å²) in [5, 5.41) is 5.17. The number of carbonyl (C=O) groups excluding carboxylic acids is 1. The molecule has 0 aliphatic carbocycles. The van der Waals surface area contributed by atoms with Crippen molar-refractivity contribution >= 4 is 23.0 Å². The van der Waals surface area contributed by atoms with Gasteiger partial charge in [0.05, 0.1) is 6.20 Å². The number of nitrogens with one attached hydrogen (secondary N) is 1. The number of aromatic amines is 1. The predicted octanol–water partition coefficient (Wildman–Crippen LogP) is 2.72. The molecule has 6 nitrogen and oxygen atoms in total. The monoisotopic (exact) mass is 328 g/mol. The highest BCUT2D eigenvalue weighted by atomic mass is 16.2. The fraction of sp³-hybridized carbons (Fsp3) is 0.500. The van der Waals surface area contributed by atoms with Gasteiger partial charge < -0.3 is 9.88 Å². The molecule has 0 aromatic carbocycles. The topological polar surface area (TPSA) is 71.0 Å². The van der Waals surface area contributed by atoms with E-state index in [0.29, 0.717) is 11.2 Å². The van der Waals surface area contributed by atoms with Crippen LogP contribution in [0.2, 0.25) is 0 Å². The Hall–Kier alpha value is -2.37. The molecular formula is C18H24N4O2. The second-order valence-electron chi connectivity index (χ2n) is 6.75. The molecule has 3 rings (SSSR count). The Kier molecular flexibility index (Phi) is 4.55. The molecule has 0 unspecified atom stereocenters. The summed E-state index contributed by atoms with van der Waals surface area (Å²) < 4.78 is 1.78. The van der Waals surface area contributed by atoms with E-state index in [1.165, 1.54) is 12.5 Å². The first kappa shape index (κ1) is 16.5. The maximum atomic E-state index is 12.4. The summed E-state index contributed by atoms with van der Waals surface area (Å²) >= 11 is 0. The predicted molar refractivity (Wildman–Crippen MR) is 94.8 cm³/mol. The Morgan fingerprint density at radius 3 is 2.92 bits per heavy atom. The lowest BCUT2D eigenvalue weighted by molar-refractivity contribution is -0.129. The molecule has 1 amide bonds. The molecule has 24 heavy (non-hydrogen) atoms. The highest BCUT2D eigenvalue weighted by molar-refractivity contribution is 5.92. The average molecular weight is 328 g/mol. The summed E-state index contributed by atoms with van der Waals surface area (Å²) in [4.78, 5) is 29.4. The first-order chi connectivity index (χ1) is 11.5. The molecule has 0 bridgehead atoms. The van der Waals surface area contributed by atoms with Crippen LogP contribution in [0.5, 0.6) is 0 Å². The van der Waals surface area contributed by atoms with Gasteiger partial charge in [-0.25, -0.2) is 4.68 Å². The minimum Gasteiger partial charge on any atom is -0.336 e. The molecule has 128 valence electrons. The van der Waals surface area contributed by atoms with Gasteiger partial charge in [0.15, 0.2) is 0 Å². The molecule has 0 radical (unpaired) electrons. The first-order valence-electron chi connectivity index (χ1n) is 8.56. The normalized spacial score (nSPS) is 18.8. The molecule has 1 aliphatic heterocycles. The molecule has 1 fully saturated rings. The van der Waals surface area contributed by atoms with Crippen molar-refractivity contribution in [2.24, 2.45) is 0 Å². The lowest BCUT2D eigenvalue weighted by Gasteiger charge is -2.32. The zero-order chi connectivity index (χ0) is 17.3. The molecule has 6 heteroatoms. The van der Waals surface area contributed by atoms with Gasteiger partial charge in [-0.3, -0.25) is 9.59 Å². The molecule has 1 N–H and O–H groups in total. The van der Waals surface area contributed by atoms with E-state index in [4.69, 9.17) is 0 Å². The van der Waals surface area contributed by atoms with Crippen LogP contribution in [0.4, 0.5) is 0 Å². The Morgan fingerprint density at radius 2 is 2.21 bits per heavy atom. The van der Waals surface area contributed by atoms with Crippen molar-refractivity contribution in [2.45, 2.75) is 52.1 Å². The standard InChI is InChI=1S/C18H24N4O2/c1-12(2)22-17-15(11-19-22)10-14(18(24)20-17)7-8-16(23)21-9-5-4-6-13(21)3/h7-8,10-13H,4-6,9H2,1-3H3,(H,20,24)/b8-7+/t13-/m0/s1. The van der Waals surface area contributed by atoms with E-state index in [-0.39, 0.29) is 23.6 Å². The number of fused-ring (bicyclic) bond motifs is 1. The van der Waals surface area contributed by atoms with Crippen LogP contribution in [0.25, 0.3) is 17.1 Å². The fourth-order valence-electron chi connectivity index (χ4n) is 3.22. The number of rotatable bonds is 3. The van der Waals surface area contributed by atoms with E-state index in [1.54, 1.807) is 23.0 Å². The maximum Gasteiger partial charge on any atom is 0.256 e. The third kappa shape index (κ3) is 3.13. The minimum atomic E-state index is -0.208. The van der Waals surface area contributed by atoms with Crippen LogP contribution in [-0.4, -0.2) is 38.2 Å². The SMILES string of the molecule is CC(C)n1ncc2cc(/C=C/C(=O)N3CCCC[C@@H]3C)c(=O)[nH]c21. The minimum absolute atomic E-state index is 0.0282. The summed E-state index contributed by atoms with van der Waals surface area (Å²) in [6.07, 6.45) is 8.10. The Balaban J connectivity index is 1.86. The van der Waals surface area contributed by atoms with Crippen molar-refractivity contribution < 1.29 is 4.79 Å². The van der Waals surface area contributed by atoms with Gasteiger partial charge in [0.1, 0.15) is 5.65 Å². The van der Waals surface area contributed by atoms with Gasteiger partial charge in [-0.15, -0.1) is 0 Å². The van der Waals surface area contributed by atoms with Gasteiger partial charge >= 0.3 is 0 Å². The van der Waals surface area contributed by atoms with Crippen molar-refractivity contribution in [3.8, 4) is 0 Å². The number of piperidine rings is 1. The summed E-state index contributed by atoms with van der Waals surface area (Å²) in [7, 11) is 0. The van der Waals surface area contributed by atoms with Crippen molar-refractivity contribution in [3.63, 3.8) is 0 Å². The number of hydrogen-bond acceptors (Lipinski definition) is 3. The van der Waals surface area contributed by atoms with Gasteiger partial charge in [0.2, 0.25) is 5.91 Å². The van der Waals surface area contributed by atoms with E-state index >= 15 is 0 Å². The smallest absolute Gasteiger partial charge is 0.256 e. The number of amides is 1. The Morgan fingerprint density at radius 1 is 1.42 bits per heavy atom. The second kappa shape index (κ2) is 6.63. The molecule has 1 atom stereocenters. The Labute approximate surface area is 141 Å². The molecule has 1 aliphatic rings.